The van der Waals surface area contributed by atoms with E-state index in [1.165, 1.54) is 31.2 Å². The number of hydrogen-bond acceptors (Lipinski definition) is 4. The Kier molecular flexibility index (Phi) is 6.11. The predicted molar refractivity (Wildman–Crippen MR) is 117 cm³/mol. The molecule has 0 aliphatic heterocycles. The lowest BCUT2D eigenvalue weighted by atomic mass is 9.98. The van der Waals surface area contributed by atoms with Crippen molar-refractivity contribution in [3.05, 3.63) is 71.4 Å². The van der Waals surface area contributed by atoms with Crippen molar-refractivity contribution in [2.45, 2.75) is 51.1 Å². The summed E-state index contributed by atoms with van der Waals surface area (Å²) < 4.78 is 40.5. The number of nitrogens with one attached hydrogen (secondary N) is 2. The molecule has 2 aromatic carbocycles. The van der Waals surface area contributed by atoms with Crippen LogP contribution in [0.25, 0.3) is 0 Å². The number of anilines is 4. The molecular weight excluding hydrogens is 401 g/mol. The van der Waals surface area contributed by atoms with Gasteiger partial charge in [-0.15, -0.1) is 0 Å². The molecule has 3 aromatic rings. The molecule has 0 radical (unpaired) electrons. The molecule has 7 heteroatoms. The van der Waals surface area contributed by atoms with Gasteiger partial charge in [0, 0.05) is 17.6 Å². The molecule has 0 unspecified atom stereocenters. The molecule has 1 heterocycles. The average molecular weight is 426 g/mol. The lowest BCUT2D eigenvalue weighted by Crippen LogP contribution is -2.12. The monoisotopic (exact) mass is 426 g/mol. The van der Waals surface area contributed by atoms with E-state index < -0.39 is 11.7 Å². The molecule has 2 N–H and O–H groups in total. The highest BCUT2D eigenvalue weighted by molar-refractivity contribution is 5.63. The van der Waals surface area contributed by atoms with Crippen LogP contribution in [0.4, 0.5) is 36.3 Å². The van der Waals surface area contributed by atoms with Gasteiger partial charge >= 0.3 is 6.18 Å². The third kappa shape index (κ3) is 5.16. The maximum atomic E-state index is 13.5. The zero-order chi connectivity index (χ0) is 21.8. The standard InChI is InChI=1S/C24H25F3N4/c1-2-16-6-5-9-20(14-16)29-22-21(24(25,26)27)15-28-23(31-22)30-19-12-10-18(11-13-19)17-7-3-4-8-17/h5-6,9-15,17H,2-4,7-8H2,1H3,(H2,28,29,30,31). The highest BCUT2D eigenvalue weighted by Gasteiger charge is 2.35. The number of aromatic nitrogens is 2. The van der Waals surface area contributed by atoms with E-state index in [1.807, 2.05) is 31.2 Å². The first-order chi connectivity index (χ1) is 14.9. The summed E-state index contributed by atoms with van der Waals surface area (Å²) in [6.07, 6.45) is 1.99. The molecule has 0 bridgehead atoms. The van der Waals surface area contributed by atoms with E-state index in [1.54, 1.807) is 12.1 Å². The number of nitrogens with zero attached hydrogens (tertiary/aromatic N) is 2. The van der Waals surface area contributed by atoms with E-state index in [9.17, 15) is 13.2 Å². The molecule has 0 saturated heterocycles. The fraction of sp³-hybridized carbons (Fsp3) is 0.333. The molecule has 162 valence electrons. The number of hydrogen-bond donors (Lipinski definition) is 2. The van der Waals surface area contributed by atoms with Crippen molar-refractivity contribution in [1.29, 1.82) is 0 Å². The molecule has 0 spiro atoms. The molecule has 1 aliphatic rings. The van der Waals surface area contributed by atoms with E-state index in [2.05, 4.69) is 32.7 Å². The second-order valence-electron chi connectivity index (χ2n) is 7.86. The van der Waals surface area contributed by atoms with E-state index in [4.69, 9.17) is 0 Å². The van der Waals surface area contributed by atoms with Gasteiger partial charge in [0.05, 0.1) is 0 Å². The lowest BCUT2D eigenvalue weighted by molar-refractivity contribution is -0.137. The van der Waals surface area contributed by atoms with Crippen LogP contribution in [0.3, 0.4) is 0 Å². The van der Waals surface area contributed by atoms with Gasteiger partial charge in [-0.2, -0.15) is 18.2 Å². The second-order valence-corrected chi connectivity index (χ2v) is 7.86. The highest BCUT2D eigenvalue weighted by atomic mass is 19.4. The van der Waals surface area contributed by atoms with Crippen molar-refractivity contribution >= 4 is 23.1 Å². The van der Waals surface area contributed by atoms with Gasteiger partial charge in [-0.1, -0.05) is 44.0 Å². The van der Waals surface area contributed by atoms with Crippen LogP contribution >= 0.6 is 0 Å². The minimum Gasteiger partial charge on any atom is -0.340 e. The zero-order valence-electron chi connectivity index (χ0n) is 17.3. The van der Waals surface area contributed by atoms with Crippen LogP contribution < -0.4 is 10.6 Å². The quantitative estimate of drug-likeness (QED) is 0.437. The van der Waals surface area contributed by atoms with Gasteiger partial charge < -0.3 is 10.6 Å². The van der Waals surface area contributed by atoms with Gasteiger partial charge in [0.2, 0.25) is 5.95 Å². The lowest BCUT2D eigenvalue weighted by Gasteiger charge is -2.15. The number of benzene rings is 2. The topological polar surface area (TPSA) is 49.8 Å². The van der Waals surface area contributed by atoms with E-state index >= 15 is 0 Å². The SMILES string of the molecule is CCc1cccc(Nc2nc(Nc3ccc(C4CCCC4)cc3)ncc2C(F)(F)F)c1. The fourth-order valence-electron chi connectivity index (χ4n) is 3.98. The Morgan fingerprint density at radius 2 is 1.71 bits per heavy atom. The Morgan fingerprint density at radius 1 is 0.968 bits per heavy atom. The number of halogens is 3. The summed E-state index contributed by atoms with van der Waals surface area (Å²) >= 11 is 0. The van der Waals surface area contributed by atoms with E-state index in [0.717, 1.165) is 23.9 Å². The van der Waals surface area contributed by atoms with Crippen LogP contribution in [0.5, 0.6) is 0 Å². The number of aryl methyl sites for hydroxylation is 1. The molecule has 1 aliphatic carbocycles. The van der Waals surface area contributed by atoms with Crippen molar-refractivity contribution < 1.29 is 13.2 Å². The molecule has 4 rings (SSSR count). The largest absolute Gasteiger partial charge is 0.421 e. The van der Waals surface area contributed by atoms with Crippen LogP contribution in [-0.4, -0.2) is 9.97 Å². The molecule has 0 amide bonds. The smallest absolute Gasteiger partial charge is 0.340 e. The van der Waals surface area contributed by atoms with Gasteiger partial charge in [0.15, 0.2) is 0 Å². The van der Waals surface area contributed by atoms with Gasteiger partial charge in [-0.3, -0.25) is 0 Å². The van der Waals surface area contributed by atoms with Gasteiger partial charge in [-0.05, 0) is 60.6 Å². The molecule has 4 nitrogen and oxygen atoms in total. The van der Waals surface area contributed by atoms with Crippen molar-refractivity contribution in [2.24, 2.45) is 0 Å². The third-order valence-corrected chi connectivity index (χ3v) is 5.69. The average Bonchev–Trinajstić information content (AvgIpc) is 3.29. The number of rotatable bonds is 6. The minimum atomic E-state index is -4.56. The summed E-state index contributed by atoms with van der Waals surface area (Å²) in [5.41, 5.74) is 2.70. The summed E-state index contributed by atoms with van der Waals surface area (Å²) in [5.74, 6) is 0.433. The van der Waals surface area contributed by atoms with Crippen LogP contribution in [0, 0.1) is 0 Å². The van der Waals surface area contributed by atoms with Crippen LogP contribution in [-0.2, 0) is 12.6 Å². The van der Waals surface area contributed by atoms with Gasteiger partial charge in [-0.25, -0.2) is 4.98 Å². The van der Waals surface area contributed by atoms with Gasteiger partial charge in [0.25, 0.3) is 0 Å². The Labute approximate surface area is 179 Å². The van der Waals surface area contributed by atoms with Gasteiger partial charge in [0.1, 0.15) is 11.4 Å². The number of alkyl halides is 3. The third-order valence-electron chi connectivity index (χ3n) is 5.69. The first-order valence-electron chi connectivity index (χ1n) is 10.6. The summed E-state index contributed by atoms with van der Waals surface area (Å²) in [5, 5.41) is 5.83. The summed E-state index contributed by atoms with van der Waals surface area (Å²) in [7, 11) is 0. The molecule has 1 aromatic heterocycles. The van der Waals surface area contributed by atoms with Crippen molar-refractivity contribution in [1.82, 2.24) is 9.97 Å². The molecule has 0 atom stereocenters. The molecular formula is C24H25F3N4. The summed E-state index contributed by atoms with van der Waals surface area (Å²) in [6.45, 7) is 1.99. The van der Waals surface area contributed by atoms with Crippen LogP contribution in [0.15, 0.2) is 54.7 Å². The Hall–Kier alpha value is -3.09. The Balaban J connectivity index is 1.57. The van der Waals surface area contributed by atoms with E-state index in [-0.39, 0.29) is 11.8 Å². The molecule has 1 fully saturated rings. The summed E-state index contributed by atoms with van der Waals surface area (Å²) in [4.78, 5) is 8.03. The van der Waals surface area contributed by atoms with E-state index in [0.29, 0.717) is 11.6 Å². The first kappa shape index (κ1) is 21.2. The maximum absolute atomic E-state index is 13.5. The van der Waals surface area contributed by atoms with Crippen LogP contribution in [0.2, 0.25) is 0 Å². The second kappa shape index (κ2) is 8.96. The maximum Gasteiger partial charge on any atom is 0.421 e. The Bertz CT molecular complexity index is 1030. The van der Waals surface area contributed by atoms with Crippen LogP contribution in [0.1, 0.15) is 55.2 Å². The predicted octanol–water partition coefficient (Wildman–Crippen LogP) is 7.20. The first-order valence-corrected chi connectivity index (χ1v) is 10.6. The fourth-order valence-corrected chi connectivity index (χ4v) is 3.98. The normalized spacial score (nSPS) is 14.6. The molecule has 1 saturated carbocycles. The Morgan fingerprint density at radius 3 is 2.39 bits per heavy atom. The van der Waals surface area contributed by atoms with Crippen molar-refractivity contribution in [3.8, 4) is 0 Å². The minimum absolute atomic E-state index is 0.107. The van der Waals surface area contributed by atoms with Crippen molar-refractivity contribution in [2.75, 3.05) is 10.6 Å². The zero-order valence-corrected chi connectivity index (χ0v) is 17.3. The van der Waals surface area contributed by atoms with Crippen molar-refractivity contribution in [3.63, 3.8) is 0 Å². The summed E-state index contributed by atoms with van der Waals surface area (Å²) in [6, 6.07) is 15.3. The highest BCUT2D eigenvalue weighted by Crippen LogP contribution is 2.36. The molecule has 31 heavy (non-hydrogen) atoms.